The molecule has 0 bridgehead atoms. The van der Waals surface area contributed by atoms with Crippen LogP contribution >= 0.6 is 11.9 Å². The predicted octanol–water partition coefficient (Wildman–Crippen LogP) is 2.95. The summed E-state index contributed by atoms with van der Waals surface area (Å²) in [5, 5.41) is 13.4. The lowest BCUT2D eigenvalue weighted by Gasteiger charge is -2.28. The van der Waals surface area contributed by atoms with Gasteiger partial charge in [-0.05, 0) is 42.9 Å². The highest BCUT2D eigenvalue weighted by Gasteiger charge is 2.29. The van der Waals surface area contributed by atoms with Crippen molar-refractivity contribution in [2.24, 2.45) is 5.92 Å². The third kappa shape index (κ3) is 6.95. The zero-order valence-electron chi connectivity index (χ0n) is 17.7. The molecule has 0 spiro atoms. The number of ether oxygens (including phenoxy) is 1. The molecule has 3 amide bonds. The number of amides is 3. The summed E-state index contributed by atoms with van der Waals surface area (Å²) in [6.45, 7) is 3.56. The molecule has 0 aromatic heterocycles. The highest BCUT2D eigenvalue weighted by molar-refractivity contribution is 7.97. The van der Waals surface area contributed by atoms with E-state index in [0.717, 1.165) is 12.8 Å². The Hall–Kier alpha value is -2.10. The SMILES string of the molecule is CC[C@@](O)(CNSC/C=C/CN1CCC(=O)NC1=O)c1ccc(F)c(OCC2CC2)c1. The van der Waals surface area contributed by atoms with Crippen molar-refractivity contribution < 1.29 is 23.8 Å². The molecule has 3 N–H and O–H groups in total. The topological polar surface area (TPSA) is 90.9 Å². The van der Waals surface area contributed by atoms with Gasteiger partial charge in [0.2, 0.25) is 5.91 Å². The zero-order valence-corrected chi connectivity index (χ0v) is 18.5. The molecule has 1 saturated heterocycles. The molecule has 31 heavy (non-hydrogen) atoms. The fraction of sp³-hybridized carbons (Fsp3) is 0.545. The molecule has 0 radical (unpaired) electrons. The number of carbonyl (C=O) groups is 2. The number of urea groups is 1. The number of nitrogens with one attached hydrogen (secondary N) is 2. The van der Waals surface area contributed by atoms with Crippen molar-refractivity contribution >= 4 is 23.9 Å². The van der Waals surface area contributed by atoms with E-state index in [9.17, 15) is 19.1 Å². The second-order valence-corrected chi connectivity index (χ2v) is 8.85. The number of halogens is 1. The van der Waals surface area contributed by atoms with Crippen LogP contribution in [0, 0.1) is 11.7 Å². The zero-order chi connectivity index (χ0) is 22.3. The quantitative estimate of drug-likeness (QED) is 0.257. The van der Waals surface area contributed by atoms with Crippen molar-refractivity contribution in [2.75, 3.05) is 32.0 Å². The van der Waals surface area contributed by atoms with Crippen LogP contribution in [0.1, 0.15) is 38.2 Å². The summed E-state index contributed by atoms with van der Waals surface area (Å²) in [5.41, 5.74) is -0.517. The van der Waals surface area contributed by atoms with Crippen LogP contribution in [-0.2, 0) is 10.4 Å². The molecule has 2 fully saturated rings. The van der Waals surface area contributed by atoms with Gasteiger partial charge < -0.3 is 14.7 Å². The van der Waals surface area contributed by atoms with Crippen LogP contribution in [0.25, 0.3) is 0 Å². The third-order valence-electron chi connectivity index (χ3n) is 5.51. The van der Waals surface area contributed by atoms with Gasteiger partial charge in [-0.1, -0.05) is 37.1 Å². The molecular weight excluding hydrogens is 421 g/mol. The van der Waals surface area contributed by atoms with Crippen LogP contribution in [0.15, 0.2) is 30.4 Å². The number of hydrogen-bond donors (Lipinski definition) is 3. The molecule has 1 saturated carbocycles. The van der Waals surface area contributed by atoms with Gasteiger partial charge in [-0.15, -0.1) is 0 Å². The molecule has 3 rings (SSSR count). The monoisotopic (exact) mass is 451 g/mol. The van der Waals surface area contributed by atoms with Gasteiger partial charge >= 0.3 is 6.03 Å². The normalized spacial score (nSPS) is 18.9. The lowest BCUT2D eigenvalue weighted by atomic mass is 9.91. The maximum absolute atomic E-state index is 14.1. The first-order valence-electron chi connectivity index (χ1n) is 10.6. The molecule has 7 nitrogen and oxygen atoms in total. The Morgan fingerprint density at radius 3 is 2.90 bits per heavy atom. The van der Waals surface area contributed by atoms with Gasteiger partial charge in [0.15, 0.2) is 11.6 Å². The molecule has 1 aromatic rings. The first-order valence-corrected chi connectivity index (χ1v) is 11.6. The molecule has 9 heteroatoms. The number of nitrogens with zero attached hydrogens (tertiary/aromatic N) is 1. The second-order valence-electron chi connectivity index (χ2n) is 7.94. The van der Waals surface area contributed by atoms with Crippen LogP contribution in [0.2, 0.25) is 0 Å². The average molecular weight is 452 g/mol. The van der Waals surface area contributed by atoms with Crippen molar-refractivity contribution in [1.29, 1.82) is 0 Å². The van der Waals surface area contributed by atoms with E-state index in [1.165, 1.54) is 18.0 Å². The number of rotatable bonds is 12. The van der Waals surface area contributed by atoms with E-state index < -0.39 is 11.4 Å². The highest BCUT2D eigenvalue weighted by Crippen LogP contribution is 2.32. The number of imide groups is 1. The minimum Gasteiger partial charge on any atom is -0.490 e. The largest absolute Gasteiger partial charge is 0.490 e. The Bertz CT molecular complexity index is 818. The Kier molecular flexibility index (Phi) is 8.34. The van der Waals surface area contributed by atoms with Gasteiger partial charge in [0.05, 0.1) is 6.61 Å². The van der Waals surface area contributed by atoms with Crippen LogP contribution in [0.3, 0.4) is 0 Å². The minimum absolute atomic E-state index is 0.190. The summed E-state index contributed by atoms with van der Waals surface area (Å²) in [4.78, 5) is 24.4. The fourth-order valence-corrected chi connectivity index (χ4v) is 3.84. The lowest BCUT2D eigenvalue weighted by molar-refractivity contribution is -0.121. The molecule has 1 aromatic carbocycles. The maximum Gasteiger partial charge on any atom is 0.324 e. The highest BCUT2D eigenvalue weighted by atomic mass is 32.2. The summed E-state index contributed by atoms with van der Waals surface area (Å²) in [7, 11) is 0. The summed E-state index contributed by atoms with van der Waals surface area (Å²) >= 11 is 1.43. The van der Waals surface area contributed by atoms with E-state index in [0.29, 0.717) is 56.3 Å². The summed E-state index contributed by atoms with van der Waals surface area (Å²) in [5.74, 6) is 0.701. The van der Waals surface area contributed by atoms with Crippen molar-refractivity contribution in [2.45, 2.75) is 38.2 Å². The standard InChI is InChI=1S/C22H30FN3O4S/c1-2-22(29,17-7-8-18(23)19(13-17)30-14-16-5-6-16)15-24-31-12-4-3-10-26-11-9-20(27)25-21(26)28/h3-4,7-8,13,16,24,29H,2,5-6,9-12,14-15H2,1H3,(H,25,27,28)/b4-3+/t22-/m1/s1. The van der Waals surface area contributed by atoms with Gasteiger partial charge in [0.25, 0.3) is 0 Å². The number of hydrogen-bond acceptors (Lipinski definition) is 6. The molecule has 1 heterocycles. The van der Waals surface area contributed by atoms with Crippen LogP contribution in [-0.4, -0.2) is 53.9 Å². The third-order valence-corrected chi connectivity index (χ3v) is 6.21. The maximum atomic E-state index is 14.1. The molecule has 1 aliphatic carbocycles. The summed E-state index contributed by atoms with van der Waals surface area (Å²) in [6, 6.07) is 4.18. The van der Waals surface area contributed by atoms with Gasteiger partial charge in [-0.3, -0.25) is 14.8 Å². The Morgan fingerprint density at radius 2 is 2.19 bits per heavy atom. The fourth-order valence-electron chi connectivity index (χ4n) is 3.15. The molecular formula is C22H30FN3O4S. The van der Waals surface area contributed by atoms with Crippen LogP contribution < -0.4 is 14.8 Å². The number of carbonyl (C=O) groups excluding carboxylic acids is 2. The van der Waals surface area contributed by atoms with Gasteiger partial charge in [-0.25, -0.2) is 9.18 Å². The van der Waals surface area contributed by atoms with Crippen molar-refractivity contribution in [3.8, 4) is 5.75 Å². The second kappa shape index (κ2) is 11.0. The van der Waals surface area contributed by atoms with Gasteiger partial charge in [-0.2, -0.15) is 0 Å². The van der Waals surface area contributed by atoms with E-state index in [4.69, 9.17) is 4.74 Å². The van der Waals surface area contributed by atoms with Crippen molar-refractivity contribution in [1.82, 2.24) is 14.9 Å². The van der Waals surface area contributed by atoms with E-state index in [1.54, 1.807) is 17.0 Å². The summed E-state index contributed by atoms with van der Waals surface area (Å²) in [6.07, 6.45) is 6.84. The van der Waals surface area contributed by atoms with E-state index in [2.05, 4.69) is 10.0 Å². The van der Waals surface area contributed by atoms with Crippen LogP contribution in [0.5, 0.6) is 5.75 Å². The first kappa shape index (κ1) is 23.6. The first-order chi connectivity index (χ1) is 14.9. The molecule has 170 valence electrons. The van der Waals surface area contributed by atoms with E-state index in [-0.39, 0.29) is 17.7 Å². The Balaban J connectivity index is 1.43. The minimum atomic E-state index is -1.14. The number of aliphatic hydroxyl groups is 1. The molecule has 1 atom stereocenters. The van der Waals surface area contributed by atoms with E-state index >= 15 is 0 Å². The lowest BCUT2D eigenvalue weighted by Crippen LogP contribution is -2.49. The van der Waals surface area contributed by atoms with Gasteiger partial charge in [0.1, 0.15) is 5.60 Å². The summed E-state index contributed by atoms with van der Waals surface area (Å²) < 4.78 is 22.8. The molecule has 2 aliphatic rings. The number of benzene rings is 1. The van der Waals surface area contributed by atoms with Crippen molar-refractivity contribution in [3.63, 3.8) is 0 Å². The molecule has 0 unspecified atom stereocenters. The Morgan fingerprint density at radius 1 is 1.39 bits per heavy atom. The smallest absolute Gasteiger partial charge is 0.324 e. The van der Waals surface area contributed by atoms with Crippen LogP contribution in [0.4, 0.5) is 9.18 Å². The Labute approximate surface area is 186 Å². The average Bonchev–Trinajstić information content (AvgIpc) is 3.58. The predicted molar refractivity (Wildman–Crippen MR) is 118 cm³/mol. The molecule has 1 aliphatic heterocycles. The van der Waals surface area contributed by atoms with Gasteiger partial charge in [0, 0.05) is 31.8 Å². The van der Waals surface area contributed by atoms with Crippen molar-refractivity contribution in [3.05, 3.63) is 41.7 Å². The van der Waals surface area contributed by atoms with E-state index in [1.807, 2.05) is 19.1 Å².